The van der Waals surface area contributed by atoms with E-state index in [-0.39, 0.29) is 18.9 Å². The zero-order chi connectivity index (χ0) is 16.8. The second-order valence-electron chi connectivity index (χ2n) is 4.60. The first-order valence-electron chi connectivity index (χ1n) is 6.73. The number of esters is 1. The van der Waals surface area contributed by atoms with Crippen LogP contribution in [0.15, 0.2) is 28.8 Å². The number of carbonyl (C=O) groups excluding carboxylic acids is 2. The van der Waals surface area contributed by atoms with Gasteiger partial charge in [-0.05, 0) is 18.2 Å². The number of methoxy groups -OCH3 is 1. The second kappa shape index (κ2) is 7.99. The van der Waals surface area contributed by atoms with E-state index in [1.54, 1.807) is 18.2 Å². The lowest BCUT2D eigenvalue weighted by Crippen LogP contribution is -2.30. The second-order valence-corrected chi connectivity index (χ2v) is 5.44. The number of amides is 1. The summed E-state index contributed by atoms with van der Waals surface area (Å²) in [5.74, 6) is 0.102. The Morgan fingerprint density at radius 3 is 2.83 bits per heavy atom. The third kappa shape index (κ3) is 4.97. The van der Waals surface area contributed by atoms with Gasteiger partial charge in [0.25, 0.3) is 0 Å². The number of rotatable bonds is 6. The van der Waals surface area contributed by atoms with Crippen LogP contribution < -0.4 is 5.32 Å². The fourth-order valence-electron chi connectivity index (χ4n) is 1.79. The van der Waals surface area contributed by atoms with Crippen molar-refractivity contribution in [2.45, 2.75) is 12.8 Å². The summed E-state index contributed by atoms with van der Waals surface area (Å²) in [5, 5.41) is 3.42. The summed E-state index contributed by atoms with van der Waals surface area (Å²) in [6, 6.07) is 5.05. The molecule has 0 aliphatic heterocycles. The largest absolute Gasteiger partial charge is 0.468 e. The van der Waals surface area contributed by atoms with Crippen LogP contribution in [0.25, 0.3) is 11.3 Å². The summed E-state index contributed by atoms with van der Waals surface area (Å²) in [6.07, 6.45) is 1.99. The minimum absolute atomic E-state index is 0.144. The number of nitrogens with one attached hydrogen (secondary N) is 1. The summed E-state index contributed by atoms with van der Waals surface area (Å²) >= 11 is 12.0. The van der Waals surface area contributed by atoms with Gasteiger partial charge in [0.2, 0.25) is 5.91 Å². The molecular weight excluding hydrogens is 343 g/mol. The Labute approximate surface area is 142 Å². The number of aryl methyl sites for hydroxylation is 1. The molecule has 2 aromatic rings. The molecule has 8 heteroatoms. The predicted octanol–water partition coefficient (Wildman–Crippen LogP) is 2.87. The lowest BCUT2D eigenvalue weighted by molar-refractivity contribution is -0.141. The maximum atomic E-state index is 11.6. The van der Waals surface area contributed by atoms with Crippen LogP contribution in [0.5, 0.6) is 0 Å². The molecule has 0 aliphatic carbocycles. The minimum Gasteiger partial charge on any atom is -0.468 e. The summed E-state index contributed by atoms with van der Waals surface area (Å²) in [6.45, 7) is -0.160. The minimum atomic E-state index is -0.505. The molecule has 6 nitrogen and oxygen atoms in total. The number of ether oxygens (including phenoxy) is 1. The standard InChI is InChI=1S/C15H14Cl2N2O4/c1-22-15(21)8-18-13(20)4-5-14-19-7-12(23-14)10-3-2-9(16)6-11(10)17/h2-3,6-7H,4-5,8H2,1H3,(H,18,20). The van der Waals surface area contributed by atoms with Crippen LogP contribution in [0.4, 0.5) is 0 Å². The number of carbonyl (C=O) groups is 2. The average Bonchev–Trinajstić information content (AvgIpc) is 2.99. The van der Waals surface area contributed by atoms with E-state index in [1.807, 2.05) is 0 Å². The molecule has 0 fully saturated rings. The van der Waals surface area contributed by atoms with Gasteiger partial charge in [-0.15, -0.1) is 0 Å². The van der Waals surface area contributed by atoms with Crippen LogP contribution in [-0.2, 0) is 20.7 Å². The highest BCUT2D eigenvalue weighted by molar-refractivity contribution is 6.36. The number of hydrogen-bond acceptors (Lipinski definition) is 5. The van der Waals surface area contributed by atoms with Gasteiger partial charge in [-0.3, -0.25) is 9.59 Å². The SMILES string of the molecule is COC(=O)CNC(=O)CCc1ncc(-c2ccc(Cl)cc2Cl)o1. The molecule has 1 aromatic heterocycles. The molecule has 0 spiro atoms. The average molecular weight is 357 g/mol. The predicted molar refractivity (Wildman–Crippen MR) is 85.3 cm³/mol. The van der Waals surface area contributed by atoms with Gasteiger partial charge in [0.15, 0.2) is 11.7 Å². The van der Waals surface area contributed by atoms with Gasteiger partial charge >= 0.3 is 5.97 Å². The van der Waals surface area contributed by atoms with Gasteiger partial charge in [0, 0.05) is 23.4 Å². The van der Waals surface area contributed by atoms with Crippen molar-refractivity contribution in [3.8, 4) is 11.3 Å². The van der Waals surface area contributed by atoms with Crippen molar-refractivity contribution in [3.05, 3.63) is 40.3 Å². The third-order valence-corrected chi connectivity index (χ3v) is 3.52. The van der Waals surface area contributed by atoms with Crippen LogP contribution in [0.1, 0.15) is 12.3 Å². The van der Waals surface area contributed by atoms with Crippen molar-refractivity contribution < 1.29 is 18.7 Å². The molecule has 0 saturated heterocycles. The lowest BCUT2D eigenvalue weighted by Gasteiger charge is -2.02. The first-order valence-corrected chi connectivity index (χ1v) is 7.49. The third-order valence-electron chi connectivity index (χ3n) is 2.97. The Hall–Kier alpha value is -2.05. The summed E-state index contributed by atoms with van der Waals surface area (Å²) in [4.78, 5) is 26.6. The molecule has 2 rings (SSSR count). The fraction of sp³-hybridized carbons (Fsp3) is 0.267. The van der Waals surface area contributed by atoms with Crippen LogP contribution in [0.2, 0.25) is 10.0 Å². The molecule has 0 unspecified atom stereocenters. The van der Waals surface area contributed by atoms with Gasteiger partial charge in [-0.2, -0.15) is 0 Å². The number of aromatic nitrogens is 1. The monoisotopic (exact) mass is 356 g/mol. The molecule has 1 amide bonds. The van der Waals surface area contributed by atoms with Crippen LogP contribution in [-0.4, -0.2) is 30.5 Å². The van der Waals surface area contributed by atoms with Gasteiger partial charge in [0.05, 0.1) is 18.3 Å². The van der Waals surface area contributed by atoms with Gasteiger partial charge in [0.1, 0.15) is 6.54 Å². The molecule has 1 aromatic carbocycles. The Morgan fingerprint density at radius 1 is 1.35 bits per heavy atom. The Bertz CT molecular complexity index is 715. The molecule has 1 heterocycles. The molecule has 23 heavy (non-hydrogen) atoms. The quantitative estimate of drug-likeness (QED) is 0.804. The van der Waals surface area contributed by atoms with Crippen molar-refractivity contribution in [3.63, 3.8) is 0 Å². The van der Waals surface area contributed by atoms with E-state index in [1.165, 1.54) is 13.3 Å². The van der Waals surface area contributed by atoms with Crippen molar-refractivity contribution in [1.82, 2.24) is 10.3 Å². The molecule has 0 bridgehead atoms. The van der Waals surface area contributed by atoms with Crippen LogP contribution >= 0.6 is 23.2 Å². The van der Waals surface area contributed by atoms with E-state index in [4.69, 9.17) is 27.6 Å². The summed E-state index contributed by atoms with van der Waals surface area (Å²) in [5.41, 5.74) is 0.671. The summed E-state index contributed by atoms with van der Waals surface area (Å²) in [7, 11) is 1.25. The number of oxazole rings is 1. The molecule has 1 N–H and O–H groups in total. The lowest BCUT2D eigenvalue weighted by atomic mass is 10.2. The molecule has 0 atom stereocenters. The van der Waals surface area contributed by atoms with Gasteiger partial charge in [-0.25, -0.2) is 4.98 Å². The molecule has 122 valence electrons. The Balaban J connectivity index is 1.92. The highest BCUT2D eigenvalue weighted by Gasteiger charge is 2.12. The maximum absolute atomic E-state index is 11.6. The van der Waals surface area contributed by atoms with Crippen LogP contribution in [0.3, 0.4) is 0 Å². The maximum Gasteiger partial charge on any atom is 0.325 e. The highest BCUT2D eigenvalue weighted by atomic mass is 35.5. The first-order chi connectivity index (χ1) is 11.0. The van der Waals surface area contributed by atoms with Crippen molar-refractivity contribution in [2.75, 3.05) is 13.7 Å². The van der Waals surface area contributed by atoms with E-state index < -0.39 is 5.97 Å². The molecule has 0 radical (unpaired) electrons. The van der Waals surface area contributed by atoms with Crippen molar-refractivity contribution >= 4 is 35.1 Å². The number of benzene rings is 1. The van der Waals surface area contributed by atoms with E-state index >= 15 is 0 Å². The van der Waals surface area contributed by atoms with E-state index in [0.29, 0.717) is 33.7 Å². The number of halogens is 2. The summed E-state index contributed by atoms with van der Waals surface area (Å²) < 4.78 is 10.0. The number of nitrogens with zero attached hydrogens (tertiary/aromatic N) is 1. The van der Waals surface area contributed by atoms with Crippen LogP contribution in [0, 0.1) is 0 Å². The van der Waals surface area contributed by atoms with E-state index in [0.717, 1.165) is 0 Å². The fourth-order valence-corrected chi connectivity index (χ4v) is 2.29. The highest BCUT2D eigenvalue weighted by Crippen LogP contribution is 2.30. The van der Waals surface area contributed by atoms with Crippen molar-refractivity contribution in [1.29, 1.82) is 0 Å². The Morgan fingerprint density at radius 2 is 2.13 bits per heavy atom. The van der Waals surface area contributed by atoms with Gasteiger partial charge in [-0.1, -0.05) is 23.2 Å². The Kier molecular flexibility index (Phi) is 6.01. The zero-order valence-corrected chi connectivity index (χ0v) is 13.8. The number of hydrogen-bond donors (Lipinski definition) is 1. The molecular formula is C15H14Cl2N2O4. The molecule has 0 saturated carbocycles. The zero-order valence-electron chi connectivity index (χ0n) is 12.3. The smallest absolute Gasteiger partial charge is 0.325 e. The first kappa shape index (κ1) is 17.3. The van der Waals surface area contributed by atoms with Crippen molar-refractivity contribution in [2.24, 2.45) is 0 Å². The van der Waals surface area contributed by atoms with E-state index in [9.17, 15) is 9.59 Å². The topological polar surface area (TPSA) is 81.4 Å². The normalized spacial score (nSPS) is 10.4. The van der Waals surface area contributed by atoms with E-state index in [2.05, 4.69) is 15.0 Å². The molecule has 0 aliphatic rings. The van der Waals surface area contributed by atoms with Gasteiger partial charge < -0.3 is 14.5 Å².